The van der Waals surface area contributed by atoms with E-state index in [1.165, 1.54) is 45.7 Å². The van der Waals surface area contributed by atoms with Crippen LogP contribution in [0.3, 0.4) is 0 Å². The molecule has 0 aromatic heterocycles. The van der Waals surface area contributed by atoms with Crippen LogP contribution in [0.2, 0.25) is 0 Å². The molecule has 3 aromatic rings. The van der Waals surface area contributed by atoms with Crippen LogP contribution in [-0.2, 0) is 24.3 Å². The Kier molecular flexibility index (Phi) is 10.9. The standard InChI is InChI=1S/C28H31N3O9S/c1-5-39-22-12-8-21(9-13-22)31(41(34,35)24-14-15-25(36-2)26(16-24)37-3)18-27(32)30-29-17-20-6-10-23(11-7-20)40-19-28(33)38-4/h6-17H,5,18-19H2,1-4H3,(H,30,32)/b29-17-. The summed E-state index contributed by atoms with van der Waals surface area (Å²) in [6, 6.07) is 17.1. The first-order valence-electron chi connectivity index (χ1n) is 12.3. The van der Waals surface area contributed by atoms with E-state index in [4.69, 9.17) is 18.9 Å². The summed E-state index contributed by atoms with van der Waals surface area (Å²) >= 11 is 0. The minimum Gasteiger partial charge on any atom is -0.494 e. The van der Waals surface area contributed by atoms with Gasteiger partial charge in [0.15, 0.2) is 18.1 Å². The van der Waals surface area contributed by atoms with Crippen LogP contribution in [0.25, 0.3) is 0 Å². The van der Waals surface area contributed by atoms with Gasteiger partial charge in [0.1, 0.15) is 18.0 Å². The Labute approximate surface area is 238 Å². The van der Waals surface area contributed by atoms with E-state index >= 15 is 0 Å². The number of carbonyl (C=O) groups excluding carboxylic acids is 2. The van der Waals surface area contributed by atoms with Crippen molar-refractivity contribution in [3.8, 4) is 23.0 Å². The predicted octanol–water partition coefficient (Wildman–Crippen LogP) is 3.00. The number of benzene rings is 3. The summed E-state index contributed by atoms with van der Waals surface area (Å²) < 4.78 is 54.2. The fraction of sp³-hybridized carbons (Fsp3) is 0.250. The largest absolute Gasteiger partial charge is 0.494 e. The van der Waals surface area contributed by atoms with Crippen molar-refractivity contribution in [1.29, 1.82) is 0 Å². The van der Waals surface area contributed by atoms with E-state index in [1.807, 2.05) is 6.92 Å². The number of esters is 1. The highest BCUT2D eigenvalue weighted by molar-refractivity contribution is 7.92. The lowest BCUT2D eigenvalue weighted by Crippen LogP contribution is -2.39. The molecule has 3 aromatic carbocycles. The maximum Gasteiger partial charge on any atom is 0.343 e. The van der Waals surface area contributed by atoms with Crippen LogP contribution in [0.1, 0.15) is 12.5 Å². The monoisotopic (exact) mass is 585 g/mol. The van der Waals surface area contributed by atoms with Crippen LogP contribution in [0.15, 0.2) is 76.7 Å². The van der Waals surface area contributed by atoms with Crippen LogP contribution in [0, 0.1) is 0 Å². The highest BCUT2D eigenvalue weighted by Gasteiger charge is 2.28. The third-order valence-electron chi connectivity index (χ3n) is 5.53. The number of nitrogens with one attached hydrogen (secondary N) is 1. The van der Waals surface area contributed by atoms with E-state index in [9.17, 15) is 18.0 Å². The average molecular weight is 586 g/mol. The number of amides is 1. The van der Waals surface area contributed by atoms with Gasteiger partial charge >= 0.3 is 5.97 Å². The molecule has 3 rings (SSSR count). The second-order valence-corrected chi connectivity index (χ2v) is 10.0. The lowest BCUT2D eigenvalue weighted by Gasteiger charge is -2.24. The molecule has 1 N–H and O–H groups in total. The van der Waals surface area contributed by atoms with E-state index in [0.717, 1.165) is 4.31 Å². The highest BCUT2D eigenvalue weighted by Crippen LogP contribution is 2.32. The van der Waals surface area contributed by atoms with E-state index in [2.05, 4.69) is 15.3 Å². The molecule has 0 aliphatic heterocycles. The second-order valence-electron chi connectivity index (χ2n) is 8.18. The van der Waals surface area contributed by atoms with Crippen LogP contribution >= 0.6 is 0 Å². The minimum atomic E-state index is -4.23. The van der Waals surface area contributed by atoms with Crippen molar-refractivity contribution in [3.63, 3.8) is 0 Å². The van der Waals surface area contributed by atoms with Gasteiger partial charge < -0.3 is 23.7 Å². The Balaban J connectivity index is 1.79. The number of nitrogens with zero attached hydrogens (tertiary/aromatic N) is 2. The Morgan fingerprint density at radius 2 is 1.51 bits per heavy atom. The van der Waals surface area contributed by atoms with Gasteiger partial charge in [0.2, 0.25) is 0 Å². The third-order valence-corrected chi connectivity index (χ3v) is 7.30. The molecule has 0 fully saturated rings. The van der Waals surface area contributed by atoms with E-state index in [-0.39, 0.29) is 22.9 Å². The SMILES string of the molecule is CCOc1ccc(N(CC(=O)N/N=C\c2ccc(OCC(=O)OC)cc2)S(=O)(=O)c2ccc(OC)c(OC)c2)cc1. The zero-order valence-corrected chi connectivity index (χ0v) is 23.8. The molecule has 0 spiro atoms. The topological polar surface area (TPSA) is 142 Å². The number of sulfonamides is 1. The van der Waals surface area contributed by atoms with Gasteiger partial charge in [-0.3, -0.25) is 9.10 Å². The zero-order chi connectivity index (χ0) is 29.8. The van der Waals surface area contributed by atoms with Crippen molar-refractivity contribution in [2.75, 3.05) is 45.4 Å². The molecule has 13 heteroatoms. The number of carbonyl (C=O) groups is 2. The molecule has 0 bridgehead atoms. The van der Waals surface area contributed by atoms with Gasteiger partial charge in [0.05, 0.1) is 44.7 Å². The summed E-state index contributed by atoms with van der Waals surface area (Å²) in [5.41, 5.74) is 3.22. The Hall–Kier alpha value is -4.78. The van der Waals surface area contributed by atoms with Crippen molar-refractivity contribution in [3.05, 3.63) is 72.3 Å². The summed E-state index contributed by atoms with van der Waals surface area (Å²) in [7, 11) is -0.127. The fourth-order valence-electron chi connectivity index (χ4n) is 3.49. The number of rotatable bonds is 14. The first-order chi connectivity index (χ1) is 19.7. The molecule has 218 valence electrons. The molecule has 0 saturated carbocycles. The minimum absolute atomic E-state index is 0.102. The van der Waals surface area contributed by atoms with Crippen molar-refractivity contribution in [2.45, 2.75) is 11.8 Å². The van der Waals surface area contributed by atoms with Gasteiger partial charge in [0, 0.05) is 6.07 Å². The fourth-order valence-corrected chi connectivity index (χ4v) is 4.93. The molecule has 0 aliphatic carbocycles. The number of methoxy groups -OCH3 is 3. The number of hydrogen-bond donors (Lipinski definition) is 1. The normalized spacial score (nSPS) is 11.0. The van der Waals surface area contributed by atoms with Crippen LogP contribution in [0.5, 0.6) is 23.0 Å². The molecular formula is C28H31N3O9S. The molecule has 0 atom stereocenters. The lowest BCUT2D eigenvalue weighted by molar-refractivity contribution is -0.142. The van der Waals surface area contributed by atoms with E-state index in [1.54, 1.807) is 48.5 Å². The van der Waals surface area contributed by atoms with Gasteiger partial charge in [-0.05, 0) is 73.2 Å². The molecule has 0 unspecified atom stereocenters. The van der Waals surface area contributed by atoms with E-state index in [0.29, 0.717) is 29.4 Å². The Morgan fingerprint density at radius 1 is 0.878 bits per heavy atom. The Bertz CT molecular complexity index is 1460. The van der Waals surface area contributed by atoms with Gasteiger partial charge in [0.25, 0.3) is 15.9 Å². The molecule has 0 aliphatic rings. The molecule has 0 saturated heterocycles. The van der Waals surface area contributed by atoms with E-state index < -0.39 is 28.4 Å². The molecule has 41 heavy (non-hydrogen) atoms. The maximum absolute atomic E-state index is 13.7. The third kappa shape index (κ3) is 8.35. The predicted molar refractivity (Wildman–Crippen MR) is 151 cm³/mol. The molecule has 1 amide bonds. The van der Waals surface area contributed by atoms with Gasteiger partial charge in [-0.1, -0.05) is 0 Å². The number of hydrogen-bond acceptors (Lipinski definition) is 10. The number of anilines is 1. The number of hydrazone groups is 1. The number of ether oxygens (including phenoxy) is 5. The quantitative estimate of drug-likeness (QED) is 0.172. The average Bonchev–Trinajstić information content (AvgIpc) is 2.99. The summed E-state index contributed by atoms with van der Waals surface area (Å²) in [4.78, 5) is 24.0. The van der Waals surface area contributed by atoms with Crippen molar-refractivity contribution in [2.24, 2.45) is 5.10 Å². The second kappa shape index (κ2) is 14.6. The highest BCUT2D eigenvalue weighted by atomic mass is 32.2. The van der Waals surface area contributed by atoms with Crippen molar-refractivity contribution >= 4 is 33.8 Å². The molecular weight excluding hydrogens is 554 g/mol. The molecule has 0 heterocycles. The first kappa shape index (κ1) is 30.8. The smallest absolute Gasteiger partial charge is 0.343 e. The summed E-state index contributed by atoms with van der Waals surface area (Å²) in [5.74, 6) is 0.381. The zero-order valence-electron chi connectivity index (χ0n) is 23.0. The van der Waals surface area contributed by atoms with Crippen LogP contribution in [0.4, 0.5) is 5.69 Å². The van der Waals surface area contributed by atoms with Crippen LogP contribution in [-0.4, -0.2) is 67.6 Å². The lowest BCUT2D eigenvalue weighted by atomic mass is 10.2. The van der Waals surface area contributed by atoms with Crippen molar-refractivity contribution in [1.82, 2.24) is 5.43 Å². The first-order valence-corrected chi connectivity index (χ1v) is 13.7. The van der Waals surface area contributed by atoms with Gasteiger partial charge in [-0.2, -0.15) is 5.10 Å². The van der Waals surface area contributed by atoms with Gasteiger partial charge in [-0.15, -0.1) is 0 Å². The van der Waals surface area contributed by atoms with Gasteiger partial charge in [-0.25, -0.2) is 18.6 Å². The summed E-state index contributed by atoms with van der Waals surface area (Å²) in [6.45, 7) is 1.48. The summed E-state index contributed by atoms with van der Waals surface area (Å²) in [5, 5.41) is 3.93. The van der Waals surface area contributed by atoms with Crippen LogP contribution < -0.4 is 28.7 Å². The summed E-state index contributed by atoms with van der Waals surface area (Å²) in [6.07, 6.45) is 1.38. The van der Waals surface area contributed by atoms with Crippen molar-refractivity contribution < 1.29 is 41.7 Å². The molecule has 0 radical (unpaired) electrons. The molecule has 12 nitrogen and oxygen atoms in total. The maximum atomic E-state index is 13.7. The Morgan fingerprint density at radius 3 is 2.12 bits per heavy atom.